The highest BCUT2D eigenvalue weighted by Crippen LogP contribution is 2.27. The number of nitrogens with zero attached hydrogens (tertiary/aromatic N) is 2. The van der Waals surface area contributed by atoms with Crippen molar-refractivity contribution in [3.05, 3.63) is 41.6 Å². The molecule has 1 aliphatic rings. The highest BCUT2D eigenvalue weighted by molar-refractivity contribution is 7.90. The Labute approximate surface area is 105 Å². The van der Waals surface area contributed by atoms with Gasteiger partial charge in [0.2, 0.25) is 0 Å². The van der Waals surface area contributed by atoms with Crippen LogP contribution >= 0.6 is 0 Å². The van der Waals surface area contributed by atoms with Crippen molar-refractivity contribution < 1.29 is 8.42 Å². The molecule has 0 radical (unpaired) electrons. The summed E-state index contributed by atoms with van der Waals surface area (Å²) in [6.45, 7) is 0. The molecule has 0 saturated heterocycles. The number of fused-ring (bicyclic) bond motifs is 1. The van der Waals surface area contributed by atoms with E-state index in [0.717, 1.165) is 11.4 Å². The number of hydrogen-bond donors (Lipinski definition) is 1. The molecule has 5 nitrogen and oxygen atoms in total. The lowest BCUT2D eigenvalue weighted by Gasteiger charge is -2.14. The van der Waals surface area contributed by atoms with Crippen molar-refractivity contribution in [1.29, 1.82) is 0 Å². The predicted octanol–water partition coefficient (Wildman–Crippen LogP) is 0.925. The Bertz CT molecular complexity index is 690. The summed E-state index contributed by atoms with van der Waals surface area (Å²) in [6, 6.07) is 9.61. The summed E-state index contributed by atoms with van der Waals surface area (Å²) in [6.07, 6.45) is 0.469. The van der Waals surface area contributed by atoms with Crippen molar-refractivity contribution in [3.63, 3.8) is 0 Å². The van der Waals surface area contributed by atoms with Gasteiger partial charge in [-0.3, -0.25) is 0 Å². The summed E-state index contributed by atoms with van der Waals surface area (Å²) in [5, 5.41) is 4.26. The minimum Gasteiger partial charge on any atom is -0.382 e. The molecule has 0 bridgehead atoms. The van der Waals surface area contributed by atoms with Gasteiger partial charge in [-0.15, -0.1) is 0 Å². The molecule has 1 aromatic heterocycles. The number of nitrogens with two attached hydrogens (primary N) is 1. The molecule has 0 spiro atoms. The van der Waals surface area contributed by atoms with E-state index in [9.17, 15) is 8.42 Å². The Hall–Kier alpha value is -1.82. The second kappa shape index (κ2) is 3.84. The average molecular weight is 263 g/mol. The topological polar surface area (TPSA) is 78.0 Å². The summed E-state index contributed by atoms with van der Waals surface area (Å²) < 4.78 is 25.0. The van der Waals surface area contributed by atoms with E-state index in [0.29, 0.717) is 17.8 Å². The second-order valence-corrected chi connectivity index (χ2v) is 6.58. The molecule has 0 amide bonds. The molecule has 0 saturated carbocycles. The monoisotopic (exact) mass is 263 g/mol. The zero-order valence-corrected chi connectivity index (χ0v) is 10.5. The fourth-order valence-corrected chi connectivity index (χ4v) is 3.65. The SMILES string of the molecule is Nc1nn(-c2ccccc2)c2c1CS(=O)(=O)CC2. The standard InChI is InChI=1S/C12H13N3O2S/c13-12-10-8-18(16,17)7-6-11(10)15(14-12)9-4-2-1-3-5-9/h1-5H,6-8H2,(H2,13,14). The van der Waals surface area contributed by atoms with Crippen molar-refractivity contribution in [2.24, 2.45) is 0 Å². The first-order chi connectivity index (χ1) is 8.57. The molecular formula is C12H13N3O2S. The van der Waals surface area contributed by atoms with Crippen molar-refractivity contribution in [1.82, 2.24) is 9.78 Å². The number of hydrogen-bond acceptors (Lipinski definition) is 4. The summed E-state index contributed by atoms with van der Waals surface area (Å²) in [5.74, 6) is 0.482. The second-order valence-electron chi connectivity index (χ2n) is 4.40. The zero-order valence-electron chi connectivity index (χ0n) is 9.70. The summed E-state index contributed by atoms with van der Waals surface area (Å²) in [5.41, 5.74) is 8.30. The van der Waals surface area contributed by atoms with Gasteiger partial charge in [0, 0.05) is 12.0 Å². The number of nitrogen functional groups attached to an aromatic ring is 1. The Balaban J connectivity index is 2.16. The van der Waals surface area contributed by atoms with Crippen molar-refractivity contribution in [2.75, 3.05) is 11.5 Å². The Morgan fingerprint density at radius 3 is 2.67 bits per heavy atom. The Kier molecular flexibility index (Phi) is 2.41. The molecule has 1 aromatic carbocycles. The van der Waals surface area contributed by atoms with Gasteiger partial charge in [-0.25, -0.2) is 13.1 Å². The van der Waals surface area contributed by atoms with E-state index in [1.807, 2.05) is 30.3 Å². The summed E-state index contributed by atoms with van der Waals surface area (Å²) in [4.78, 5) is 0. The van der Waals surface area contributed by atoms with Crippen LogP contribution in [0, 0.1) is 0 Å². The van der Waals surface area contributed by atoms with E-state index in [1.165, 1.54) is 0 Å². The maximum Gasteiger partial charge on any atom is 0.155 e. The fraction of sp³-hybridized carbons (Fsp3) is 0.250. The highest BCUT2D eigenvalue weighted by Gasteiger charge is 2.28. The molecule has 0 aliphatic carbocycles. The summed E-state index contributed by atoms with van der Waals surface area (Å²) in [7, 11) is -3.02. The summed E-state index contributed by atoms with van der Waals surface area (Å²) >= 11 is 0. The van der Waals surface area contributed by atoms with E-state index >= 15 is 0 Å². The van der Waals surface area contributed by atoms with Gasteiger partial charge in [-0.05, 0) is 12.1 Å². The van der Waals surface area contributed by atoms with Crippen LogP contribution < -0.4 is 5.73 Å². The first kappa shape index (κ1) is 11.3. The van der Waals surface area contributed by atoms with Gasteiger partial charge < -0.3 is 5.73 Å². The van der Waals surface area contributed by atoms with Crippen LogP contribution in [0.15, 0.2) is 30.3 Å². The molecule has 0 atom stereocenters. The zero-order chi connectivity index (χ0) is 12.8. The first-order valence-electron chi connectivity index (χ1n) is 5.69. The van der Waals surface area contributed by atoms with Crippen molar-refractivity contribution in [2.45, 2.75) is 12.2 Å². The highest BCUT2D eigenvalue weighted by atomic mass is 32.2. The van der Waals surface area contributed by atoms with E-state index < -0.39 is 9.84 Å². The van der Waals surface area contributed by atoms with Crippen LogP contribution in [0.25, 0.3) is 5.69 Å². The van der Waals surface area contributed by atoms with Crippen LogP contribution in [-0.2, 0) is 22.0 Å². The molecule has 94 valence electrons. The lowest BCUT2D eigenvalue weighted by molar-refractivity contribution is 0.590. The molecule has 0 unspecified atom stereocenters. The maximum atomic E-state index is 11.6. The molecule has 2 N–H and O–H groups in total. The minimum atomic E-state index is -3.02. The van der Waals surface area contributed by atoms with Gasteiger partial charge in [0.15, 0.2) is 9.84 Å². The normalized spacial score (nSPS) is 17.3. The molecule has 18 heavy (non-hydrogen) atoms. The molecule has 6 heteroatoms. The van der Waals surface area contributed by atoms with E-state index in [1.54, 1.807) is 4.68 Å². The van der Waals surface area contributed by atoms with Crippen molar-refractivity contribution >= 4 is 15.7 Å². The van der Waals surface area contributed by atoms with Gasteiger partial charge in [-0.2, -0.15) is 5.10 Å². The number of rotatable bonds is 1. The van der Waals surface area contributed by atoms with Gasteiger partial charge in [0.25, 0.3) is 0 Å². The van der Waals surface area contributed by atoms with Gasteiger partial charge in [0.05, 0.1) is 22.9 Å². The van der Waals surface area contributed by atoms with Crippen LogP contribution in [0.4, 0.5) is 5.82 Å². The van der Waals surface area contributed by atoms with Crippen molar-refractivity contribution in [3.8, 4) is 5.69 Å². The van der Waals surface area contributed by atoms with Gasteiger partial charge >= 0.3 is 0 Å². The Morgan fingerprint density at radius 1 is 1.22 bits per heavy atom. The largest absolute Gasteiger partial charge is 0.382 e. The smallest absolute Gasteiger partial charge is 0.155 e. The number of para-hydroxylation sites is 1. The minimum absolute atomic E-state index is 0.000992. The van der Waals surface area contributed by atoms with Crippen LogP contribution in [-0.4, -0.2) is 24.0 Å². The Morgan fingerprint density at radius 2 is 1.94 bits per heavy atom. The molecule has 1 aliphatic heterocycles. The number of sulfone groups is 1. The van der Waals surface area contributed by atoms with Gasteiger partial charge in [-0.1, -0.05) is 18.2 Å². The lowest BCUT2D eigenvalue weighted by Crippen LogP contribution is -2.20. The molecular weight excluding hydrogens is 250 g/mol. The number of benzene rings is 1. The van der Waals surface area contributed by atoms with E-state index in [-0.39, 0.29) is 11.5 Å². The molecule has 3 rings (SSSR count). The van der Waals surface area contributed by atoms with E-state index in [2.05, 4.69) is 5.10 Å². The van der Waals surface area contributed by atoms with Crippen LogP contribution in [0.1, 0.15) is 11.3 Å². The number of anilines is 1. The third kappa shape index (κ3) is 1.78. The molecule has 2 aromatic rings. The third-order valence-electron chi connectivity index (χ3n) is 3.14. The van der Waals surface area contributed by atoms with Crippen LogP contribution in [0.5, 0.6) is 0 Å². The maximum absolute atomic E-state index is 11.6. The van der Waals surface area contributed by atoms with Crippen LogP contribution in [0.3, 0.4) is 0 Å². The van der Waals surface area contributed by atoms with Crippen LogP contribution in [0.2, 0.25) is 0 Å². The molecule has 0 fully saturated rings. The first-order valence-corrected chi connectivity index (χ1v) is 7.51. The third-order valence-corrected chi connectivity index (χ3v) is 4.69. The van der Waals surface area contributed by atoms with E-state index in [4.69, 9.17) is 5.73 Å². The average Bonchev–Trinajstić information content (AvgIpc) is 2.66. The number of aromatic nitrogens is 2. The van der Waals surface area contributed by atoms with Gasteiger partial charge in [0.1, 0.15) is 5.82 Å². The fourth-order valence-electron chi connectivity index (χ4n) is 2.25. The predicted molar refractivity (Wildman–Crippen MR) is 69.2 cm³/mol. The lowest BCUT2D eigenvalue weighted by atomic mass is 10.2. The molecule has 2 heterocycles. The quantitative estimate of drug-likeness (QED) is 0.830.